The molecule has 0 radical (unpaired) electrons. The first-order valence-corrected chi connectivity index (χ1v) is 2.54. The van der Waals surface area contributed by atoms with Crippen LogP contribution in [0.1, 0.15) is 0 Å². The van der Waals surface area contributed by atoms with Crippen LogP contribution in [-0.2, 0) is 11.3 Å². The maximum Gasteiger partial charge on any atom is 0.0944 e. The van der Waals surface area contributed by atoms with Crippen molar-refractivity contribution in [3.8, 4) is 6.07 Å². The van der Waals surface area contributed by atoms with E-state index in [1.54, 1.807) is 6.07 Å². The van der Waals surface area contributed by atoms with Crippen LogP contribution in [0.5, 0.6) is 0 Å². The highest BCUT2D eigenvalue weighted by Gasteiger charge is 1.74. The lowest BCUT2D eigenvalue weighted by Crippen LogP contribution is -2.15. The van der Waals surface area contributed by atoms with E-state index in [0.717, 1.165) is 0 Å². The molecule has 1 N–H and O–H groups in total. The van der Waals surface area contributed by atoms with Crippen LogP contribution in [0.4, 0.5) is 0 Å². The molecule has 0 saturated carbocycles. The van der Waals surface area contributed by atoms with Crippen molar-refractivity contribution in [2.75, 3.05) is 6.54 Å². The molecule has 1 atom stereocenters. The van der Waals surface area contributed by atoms with E-state index in [1.165, 1.54) is 0 Å². The van der Waals surface area contributed by atoms with Crippen LogP contribution in [0.2, 0.25) is 0 Å². The van der Waals surface area contributed by atoms with Crippen LogP contribution in [0.25, 0.3) is 0 Å². The summed E-state index contributed by atoms with van der Waals surface area (Å²) in [6.07, 6.45) is 0. The van der Waals surface area contributed by atoms with Crippen molar-refractivity contribution in [2.45, 2.75) is 0 Å². The third-order valence-electron chi connectivity index (χ3n) is 0.269. The monoisotopic (exact) mass is 119 g/mol. The minimum absolute atomic E-state index is 0.157. The predicted molar refractivity (Wildman–Crippen MR) is 22.5 cm³/mol. The van der Waals surface area contributed by atoms with E-state index in [9.17, 15) is 8.76 Å². The van der Waals surface area contributed by atoms with Crippen LogP contribution in [0, 0.1) is 11.3 Å². The molecule has 4 nitrogen and oxygen atoms in total. The smallest absolute Gasteiger partial charge is 0.0944 e. The molecule has 0 spiro atoms. The summed E-state index contributed by atoms with van der Waals surface area (Å²) in [4.78, 5) is 0. The molecule has 0 aromatic carbocycles. The molecule has 0 heterocycles. The van der Waals surface area contributed by atoms with Crippen molar-refractivity contribution in [3.05, 3.63) is 0 Å². The number of hydrogen-bond donors (Lipinski definition) is 1. The van der Waals surface area contributed by atoms with Crippen molar-refractivity contribution >= 4 is 11.3 Å². The van der Waals surface area contributed by atoms with Crippen LogP contribution in [0.3, 0.4) is 0 Å². The summed E-state index contributed by atoms with van der Waals surface area (Å²) in [5.41, 5.74) is 0. The molecule has 0 fully saturated rings. The van der Waals surface area contributed by atoms with E-state index in [1.807, 2.05) is 4.72 Å². The van der Waals surface area contributed by atoms with Crippen LogP contribution >= 0.6 is 0 Å². The molecule has 5 heteroatoms. The summed E-state index contributed by atoms with van der Waals surface area (Å²) in [5.74, 6) is 0. The Bertz CT molecular complexity index is 107. The Kier molecular flexibility index (Phi) is 3.50. The van der Waals surface area contributed by atoms with Gasteiger partial charge in [-0.25, -0.2) is 4.72 Å². The second kappa shape index (κ2) is 3.74. The second-order valence-electron chi connectivity index (χ2n) is 0.714. The van der Waals surface area contributed by atoms with Crippen molar-refractivity contribution in [1.29, 1.82) is 5.26 Å². The van der Waals surface area contributed by atoms with E-state index >= 15 is 0 Å². The van der Waals surface area contributed by atoms with Gasteiger partial charge in [-0.1, -0.05) is 0 Å². The maximum absolute atomic E-state index is 9.50. The van der Waals surface area contributed by atoms with E-state index < -0.39 is 11.3 Å². The average Bonchev–Trinajstić information content (AvgIpc) is 1.61. The molecule has 0 amide bonds. The van der Waals surface area contributed by atoms with Gasteiger partial charge in [-0.2, -0.15) is 5.26 Å². The third-order valence-corrected chi connectivity index (χ3v) is 0.649. The summed E-state index contributed by atoms with van der Waals surface area (Å²) in [5, 5.41) is 7.73. The zero-order valence-electron chi connectivity index (χ0n) is 3.38. The normalized spacial score (nSPS) is 12.6. The molecule has 0 rings (SSSR count). The quantitative estimate of drug-likeness (QED) is 0.370. The average molecular weight is 119 g/mol. The fourth-order valence-corrected chi connectivity index (χ4v) is 0.274. The number of nitrogens with one attached hydrogen (secondary N) is 1. The lowest BCUT2D eigenvalue weighted by atomic mass is 10.8. The van der Waals surface area contributed by atoms with Gasteiger partial charge in [0.2, 0.25) is 0 Å². The van der Waals surface area contributed by atoms with Crippen molar-refractivity contribution in [2.24, 2.45) is 0 Å². The molecule has 7 heavy (non-hydrogen) atoms. The van der Waals surface area contributed by atoms with Crippen LogP contribution in [-0.4, -0.2) is 15.3 Å². The molecule has 0 saturated heterocycles. The van der Waals surface area contributed by atoms with E-state index in [4.69, 9.17) is 5.26 Å². The number of rotatable bonds is 2. The van der Waals surface area contributed by atoms with Gasteiger partial charge in [0, 0.05) is 11.3 Å². The second-order valence-corrected chi connectivity index (χ2v) is 1.47. The Balaban J connectivity index is 3.02. The van der Waals surface area contributed by atoms with Gasteiger partial charge < -0.3 is 4.55 Å². The molecule has 0 aromatic rings. The first kappa shape index (κ1) is 6.56. The lowest BCUT2D eigenvalue weighted by Gasteiger charge is -1.99. The van der Waals surface area contributed by atoms with E-state index in [2.05, 4.69) is 0 Å². The Hall–Kier alpha value is -0.440. The molecule has 1 unspecified atom stereocenters. The molecule has 0 bridgehead atoms. The fourth-order valence-electron chi connectivity index (χ4n) is 0.0912. The SMILES string of the molecule is N#CCNS(=O)[O-]. The standard InChI is InChI=1S/C2H4N2O2S/c3-1-2-4-7(5)6/h4H,2H2,(H,5,6)/p-1. The summed E-state index contributed by atoms with van der Waals surface area (Å²) in [6.45, 7) is -0.157. The summed E-state index contributed by atoms with van der Waals surface area (Å²) in [6, 6.07) is 1.59. The minimum Gasteiger partial charge on any atom is -0.760 e. The molecular weight excluding hydrogens is 116 g/mol. The fraction of sp³-hybridized carbons (Fsp3) is 0.500. The molecule has 0 aliphatic carbocycles. The predicted octanol–water partition coefficient (Wildman–Crippen LogP) is -1.11. The lowest BCUT2D eigenvalue weighted by molar-refractivity contribution is 0.526. The zero-order valence-corrected chi connectivity index (χ0v) is 4.20. The van der Waals surface area contributed by atoms with E-state index in [-0.39, 0.29) is 6.54 Å². The summed E-state index contributed by atoms with van der Waals surface area (Å²) >= 11 is -2.29. The molecule has 0 aliphatic rings. The highest BCUT2D eigenvalue weighted by Crippen LogP contribution is 1.57. The number of hydrogen-bond acceptors (Lipinski definition) is 3. The molecule has 40 valence electrons. The molecular formula is C2H3N2O2S-. The first-order valence-electron chi connectivity index (χ1n) is 1.47. The van der Waals surface area contributed by atoms with Gasteiger partial charge in [0.15, 0.2) is 0 Å². The molecule has 0 aromatic heterocycles. The zero-order chi connectivity index (χ0) is 5.70. The van der Waals surface area contributed by atoms with Gasteiger partial charge in [-0.3, -0.25) is 4.21 Å². The topological polar surface area (TPSA) is 76.0 Å². The van der Waals surface area contributed by atoms with Gasteiger partial charge in [0.25, 0.3) is 0 Å². The highest BCUT2D eigenvalue weighted by molar-refractivity contribution is 7.77. The molecule has 0 aliphatic heterocycles. The van der Waals surface area contributed by atoms with Gasteiger partial charge in [0.05, 0.1) is 12.6 Å². The highest BCUT2D eigenvalue weighted by atomic mass is 32.2. The number of nitrogens with zero attached hydrogens (tertiary/aromatic N) is 1. The van der Waals surface area contributed by atoms with Crippen molar-refractivity contribution in [1.82, 2.24) is 4.72 Å². The Morgan fingerprint density at radius 1 is 2.00 bits per heavy atom. The van der Waals surface area contributed by atoms with Gasteiger partial charge in [0.1, 0.15) is 0 Å². The maximum atomic E-state index is 9.50. The third kappa shape index (κ3) is 5.56. The van der Waals surface area contributed by atoms with Crippen LogP contribution in [0.15, 0.2) is 0 Å². The Morgan fingerprint density at radius 2 is 2.57 bits per heavy atom. The Labute approximate surface area is 43.6 Å². The number of nitriles is 1. The summed E-state index contributed by atoms with van der Waals surface area (Å²) < 4.78 is 20.8. The minimum atomic E-state index is -2.29. The van der Waals surface area contributed by atoms with Gasteiger partial charge in [-0.05, 0) is 0 Å². The van der Waals surface area contributed by atoms with Crippen LogP contribution < -0.4 is 4.72 Å². The van der Waals surface area contributed by atoms with Crippen molar-refractivity contribution < 1.29 is 8.76 Å². The summed E-state index contributed by atoms with van der Waals surface area (Å²) in [7, 11) is 0. The Morgan fingerprint density at radius 3 is 2.71 bits per heavy atom. The largest absolute Gasteiger partial charge is 0.760 e. The van der Waals surface area contributed by atoms with Gasteiger partial charge in [-0.15, -0.1) is 0 Å². The van der Waals surface area contributed by atoms with E-state index in [0.29, 0.717) is 0 Å². The first-order chi connectivity index (χ1) is 3.27. The van der Waals surface area contributed by atoms with Crippen molar-refractivity contribution in [3.63, 3.8) is 0 Å². The van der Waals surface area contributed by atoms with Gasteiger partial charge >= 0.3 is 0 Å².